The number of hydrogen-bond donors (Lipinski definition) is 2. The van der Waals surface area contributed by atoms with Gasteiger partial charge in [-0.05, 0) is 24.1 Å². The fraction of sp³-hybridized carbons (Fsp3) is 0.250. The SMILES string of the molecule is Cn1cc(S(=O)(=O)Nc2ccc(CCO)cc2)cn1. The van der Waals surface area contributed by atoms with Crippen LogP contribution in [0, 0.1) is 0 Å². The Labute approximate surface area is 111 Å². The molecular formula is C12H15N3O3S. The number of nitrogens with one attached hydrogen (secondary N) is 1. The highest BCUT2D eigenvalue weighted by atomic mass is 32.2. The van der Waals surface area contributed by atoms with E-state index in [0.29, 0.717) is 12.1 Å². The summed E-state index contributed by atoms with van der Waals surface area (Å²) in [6.45, 7) is 0.0702. The van der Waals surface area contributed by atoms with E-state index in [2.05, 4.69) is 9.82 Å². The van der Waals surface area contributed by atoms with Crippen LogP contribution >= 0.6 is 0 Å². The second-order valence-corrected chi connectivity index (χ2v) is 5.81. The van der Waals surface area contributed by atoms with Gasteiger partial charge < -0.3 is 5.11 Å². The van der Waals surface area contributed by atoms with Gasteiger partial charge >= 0.3 is 0 Å². The number of aryl methyl sites for hydroxylation is 1. The summed E-state index contributed by atoms with van der Waals surface area (Å²) in [5.41, 5.74) is 1.43. The average molecular weight is 281 g/mol. The molecule has 7 heteroatoms. The Morgan fingerprint density at radius 3 is 2.53 bits per heavy atom. The van der Waals surface area contributed by atoms with E-state index >= 15 is 0 Å². The number of benzene rings is 1. The molecule has 0 spiro atoms. The molecule has 0 aliphatic carbocycles. The van der Waals surface area contributed by atoms with E-state index in [-0.39, 0.29) is 11.5 Å². The maximum absolute atomic E-state index is 12.0. The Kier molecular flexibility index (Phi) is 3.87. The molecule has 1 aromatic carbocycles. The largest absolute Gasteiger partial charge is 0.396 e. The Morgan fingerprint density at radius 1 is 1.32 bits per heavy atom. The lowest BCUT2D eigenvalue weighted by Crippen LogP contribution is -2.12. The Morgan fingerprint density at radius 2 is 2.00 bits per heavy atom. The van der Waals surface area contributed by atoms with Gasteiger partial charge in [0.15, 0.2) is 0 Å². The van der Waals surface area contributed by atoms with E-state index in [1.165, 1.54) is 17.1 Å². The molecule has 0 bridgehead atoms. The minimum Gasteiger partial charge on any atom is -0.396 e. The maximum atomic E-state index is 12.0. The number of hydrogen-bond acceptors (Lipinski definition) is 4. The van der Waals surface area contributed by atoms with Gasteiger partial charge in [-0.15, -0.1) is 0 Å². The van der Waals surface area contributed by atoms with E-state index in [0.717, 1.165) is 5.56 Å². The molecule has 0 unspecified atom stereocenters. The molecule has 2 rings (SSSR count). The summed E-state index contributed by atoms with van der Waals surface area (Å²) in [6.07, 6.45) is 3.28. The summed E-state index contributed by atoms with van der Waals surface area (Å²) in [7, 11) is -1.94. The Hall–Kier alpha value is -1.86. The summed E-state index contributed by atoms with van der Waals surface area (Å²) in [6, 6.07) is 6.88. The number of sulfonamides is 1. The standard InChI is InChI=1S/C12H15N3O3S/c1-15-9-12(8-13-15)19(17,18)14-11-4-2-10(3-5-11)6-7-16/h2-5,8-9,14,16H,6-7H2,1H3. The third kappa shape index (κ3) is 3.33. The number of rotatable bonds is 5. The van der Waals surface area contributed by atoms with Crippen molar-refractivity contribution in [3.05, 3.63) is 42.2 Å². The molecule has 0 aliphatic rings. The summed E-state index contributed by atoms with van der Waals surface area (Å²) in [4.78, 5) is 0.120. The van der Waals surface area contributed by atoms with Gasteiger partial charge in [0.2, 0.25) is 0 Å². The number of aromatic nitrogens is 2. The van der Waals surface area contributed by atoms with Crippen molar-refractivity contribution in [3.63, 3.8) is 0 Å². The van der Waals surface area contributed by atoms with Crippen LogP contribution in [0.3, 0.4) is 0 Å². The average Bonchev–Trinajstić information content (AvgIpc) is 2.79. The molecule has 0 saturated carbocycles. The molecule has 102 valence electrons. The van der Waals surface area contributed by atoms with Crippen molar-refractivity contribution in [2.45, 2.75) is 11.3 Å². The first-order chi connectivity index (χ1) is 9.01. The predicted molar refractivity (Wildman–Crippen MR) is 71.2 cm³/mol. The molecule has 1 heterocycles. The van der Waals surface area contributed by atoms with E-state index in [1.807, 2.05) is 0 Å². The highest BCUT2D eigenvalue weighted by Gasteiger charge is 2.15. The number of aliphatic hydroxyl groups is 1. The van der Waals surface area contributed by atoms with Gasteiger partial charge in [0.1, 0.15) is 4.90 Å². The van der Waals surface area contributed by atoms with Crippen LogP contribution in [0.15, 0.2) is 41.6 Å². The van der Waals surface area contributed by atoms with E-state index in [9.17, 15) is 8.42 Å². The van der Waals surface area contributed by atoms with Crippen LogP contribution in [0.25, 0.3) is 0 Å². The smallest absolute Gasteiger partial charge is 0.265 e. The first kappa shape index (κ1) is 13.6. The monoisotopic (exact) mass is 281 g/mol. The molecule has 0 aliphatic heterocycles. The minimum absolute atomic E-state index is 0.0702. The van der Waals surface area contributed by atoms with Crippen molar-refractivity contribution in [3.8, 4) is 0 Å². The van der Waals surface area contributed by atoms with Gasteiger partial charge in [0, 0.05) is 25.5 Å². The molecule has 1 aromatic heterocycles. The molecule has 2 N–H and O–H groups in total. The van der Waals surface area contributed by atoms with Gasteiger partial charge in [-0.1, -0.05) is 12.1 Å². The van der Waals surface area contributed by atoms with Gasteiger partial charge in [-0.3, -0.25) is 9.40 Å². The van der Waals surface area contributed by atoms with Crippen molar-refractivity contribution in [2.24, 2.45) is 7.05 Å². The fourth-order valence-electron chi connectivity index (χ4n) is 1.62. The van der Waals surface area contributed by atoms with Gasteiger partial charge in [0.25, 0.3) is 10.0 Å². The summed E-state index contributed by atoms with van der Waals surface area (Å²) < 4.78 is 27.9. The van der Waals surface area contributed by atoms with Crippen LogP contribution in [-0.2, 0) is 23.5 Å². The minimum atomic E-state index is -3.60. The molecule has 0 amide bonds. The quantitative estimate of drug-likeness (QED) is 0.847. The number of nitrogens with zero attached hydrogens (tertiary/aromatic N) is 2. The van der Waals surface area contributed by atoms with E-state index < -0.39 is 10.0 Å². The predicted octanol–water partition coefficient (Wildman–Crippen LogP) is 0.756. The highest BCUT2D eigenvalue weighted by Crippen LogP contribution is 2.16. The van der Waals surface area contributed by atoms with Crippen molar-refractivity contribution in [2.75, 3.05) is 11.3 Å². The van der Waals surface area contributed by atoms with Gasteiger partial charge in [0.05, 0.1) is 6.20 Å². The number of anilines is 1. The maximum Gasteiger partial charge on any atom is 0.265 e. The summed E-state index contributed by atoms with van der Waals surface area (Å²) in [5, 5.41) is 12.6. The zero-order chi connectivity index (χ0) is 13.9. The van der Waals surface area contributed by atoms with Crippen LogP contribution in [0.1, 0.15) is 5.56 Å². The number of aliphatic hydroxyl groups excluding tert-OH is 1. The highest BCUT2D eigenvalue weighted by molar-refractivity contribution is 7.92. The molecule has 0 saturated heterocycles. The zero-order valence-electron chi connectivity index (χ0n) is 10.4. The third-order valence-corrected chi connectivity index (χ3v) is 3.93. The first-order valence-corrected chi connectivity index (χ1v) is 7.21. The van der Waals surface area contributed by atoms with Gasteiger partial charge in [-0.2, -0.15) is 5.10 Å². The molecule has 19 heavy (non-hydrogen) atoms. The van der Waals surface area contributed by atoms with Crippen molar-refractivity contribution < 1.29 is 13.5 Å². The Bertz CT molecular complexity index is 647. The summed E-state index contributed by atoms with van der Waals surface area (Å²) in [5.74, 6) is 0. The summed E-state index contributed by atoms with van der Waals surface area (Å²) >= 11 is 0. The third-order valence-electron chi connectivity index (χ3n) is 2.60. The van der Waals surface area contributed by atoms with Gasteiger partial charge in [-0.25, -0.2) is 8.42 Å². The first-order valence-electron chi connectivity index (χ1n) is 5.72. The van der Waals surface area contributed by atoms with E-state index in [4.69, 9.17) is 5.11 Å². The fourth-order valence-corrected chi connectivity index (χ4v) is 2.66. The molecule has 0 radical (unpaired) electrons. The lowest BCUT2D eigenvalue weighted by atomic mass is 10.1. The molecule has 0 atom stereocenters. The van der Waals surface area contributed by atoms with Crippen LogP contribution in [0.5, 0.6) is 0 Å². The van der Waals surface area contributed by atoms with E-state index in [1.54, 1.807) is 31.3 Å². The van der Waals surface area contributed by atoms with Crippen LogP contribution < -0.4 is 4.72 Å². The van der Waals surface area contributed by atoms with Crippen LogP contribution in [0.4, 0.5) is 5.69 Å². The van der Waals surface area contributed by atoms with Crippen molar-refractivity contribution >= 4 is 15.7 Å². The van der Waals surface area contributed by atoms with Crippen molar-refractivity contribution in [1.82, 2.24) is 9.78 Å². The lowest BCUT2D eigenvalue weighted by molar-refractivity contribution is 0.299. The molecular weight excluding hydrogens is 266 g/mol. The topological polar surface area (TPSA) is 84.2 Å². The second kappa shape index (κ2) is 5.41. The molecule has 0 fully saturated rings. The van der Waals surface area contributed by atoms with Crippen LogP contribution in [0.2, 0.25) is 0 Å². The normalized spacial score (nSPS) is 11.5. The lowest BCUT2D eigenvalue weighted by Gasteiger charge is -2.06. The molecule has 6 nitrogen and oxygen atoms in total. The molecule has 2 aromatic rings. The van der Waals surface area contributed by atoms with Crippen molar-refractivity contribution in [1.29, 1.82) is 0 Å². The Balaban J connectivity index is 2.16. The second-order valence-electron chi connectivity index (χ2n) is 4.13. The zero-order valence-corrected chi connectivity index (χ0v) is 11.3. The van der Waals surface area contributed by atoms with Crippen LogP contribution in [-0.4, -0.2) is 29.9 Å².